The van der Waals surface area contributed by atoms with Gasteiger partial charge in [-0.15, -0.1) is 11.8 Å². The van der Waals surface area contributed by atoms with Crippen molar-refractivity contribution >= 4 is 34.3 Å². The van der Waals surface area contributed by atoms with Gasteiger partial charge in [0.15, 0.2) is 0 Å². The zero-order valence-electron chi connectivity index (χ0n) is 15.8. The monoisotopic (exact) mass is 387 g/mol. The molecule has 2 aromatic heterocycles. The fourth-order valence-electron chi connectivity index (χ4n) is 3.20. The van der Waals surface area contributed by atoms with Crippen LogP contribution in [0.15, 0.2) is 71.9 Å². The number of H-pyrrole nitrogens is 1. The van der Waals surface area contributed by atoms with Gasteiger partial charge in [0, 0.05) is 39.6 Å². The van der Waals surface area contributed by atoms with E-state index >= 15 is 0 Å². The minimum Gasteiger partial charge on any atom is -0.351 e. The van der Waals surface area contributed by atoms with Crippen LogP contribution in [0.2, 0.25) is 0 Å². The first kappa shape index (κ1) is 18.3. The Morgan fingerprint density at radius 3 is 2.68 bits per heavy atom. The van der Waals surface area contributed by atoms with Crippen molar-refractivity contribution in [2.75, 3.05) is 5.32 Å². The summed E-state index contributed by atoms with van der Waals surface area (Å²) < 4.78 is 0. The van der Waals surface area contributed by atoms with Crippen LogP contribution in [0.4, 0.5) is 5.69 Å². The number of pyridine rings is 1. The number of anilines is 1. The van der Waals surface area contributed by atoms with E-state index in [4.69, 9.17) is 0 Å². The molecule has 0 aliphatic carbocycles. The van der Waals surface area contributed by atoms with E-state index in [1.54, 1.807) is 18.0 Å². The number of amides is 1. The summed E-state index contributed by atoms with van der Waals surface area (Å²) in [5, 5.41) is 4.05. The van der Waals surface area contributed by atoms with Crippen molar-refractivity contribution in [3.63, 3.8) is 0 Å². The maximum Gasteiger partial charge on any atom is 0.272 e. The third-order valence-electron chi connectivity index (χ3n) is 4.57. The Balaban J connectivity index is 1.42. The molecule has 0 saturated heterocycles. The minimum atomic E-state index is -0.135. The quantitative estimate of drug-likeness (QED) is 0.430. The molecule has 0 spiro atoms. The van der Waals surface area contributed by atoms with E-state index in [0.717, 1.165) is 27.2 Å². The molecule has 5 heteroatoms. The number of benzene rings is 2. The number of nitrogens with one attached hydrogen (secondary N) is 2. The number of aromatic amines is 1. The highest BCUT2D eigenvalue weighted by molar-refractivity contribution is 7.98. The molecule has 0 radical (unpaired) electrons. The lowest BCUT2D eigenvalue weighted by atomic mass is 10.1. The average molecular weight is 388 g/mol. The number of thioether (sulfide) groups is 1. The van der Waals surface area contributed by atoms with Crippen molar-refractivity contribution in [1.82, 2.24) is 9.97 Å². The predicted molar refractivity (Wildman–Crippen MR) is 116 cm³/mol. The molecule has 0 bridgehead atoms. The largest absolute Gasteiger partial charge is 0.351 e. The van der Waals surface area contributed by atoms with Gasteiger partial charge in [0.25, 0.3) is 5.91 Å². The fraction of sp³-hybridized carbons (Fsp3) is 0.130. The molecule has 4 rings (SSSR count). The number of nitrogens with zero attached hydrogens (tertiary/aromatic N) is 1. The van der Waals surface area contributed by atoms with Gasteiger partial charge in [-0.05, 0) is 73.0 Å². The van der Waals surface area contributed by atoms with Gasteiger partial charge in [0.05, 0.1) is 0 Å². The van der Waals surface area contributed by atoms with Crippen LogP contribution in [0.3, 0.4) is 0 Å². The predicted octanol–water partition coefficient (Wildman–Crippen LogP) is 5.72. The van der Waals surface area contributed by atoms with Gasteiger partial charge in [0.2, 0.25) is 0 Å². The summed E-state index contributed by atoms with van der Waals surface area (Å²) in [7, 11) is 0. The second-order valence-electron chi connectivity index (χ2n) is 6.85. The van der Waals surface area contributed by atoms with Gasteiger partial charge in [-0.2, -0.15) is 0 Å². The highest BCUT2D eigenvalue weighted by atomic mass is 32.2. The van der Waals surface area contributed by atoms with E-state index < -0.39 is 0 Å². The normalized spacial score (nSPS) is 10.9. The molecule has 0 fully saturated rings. The lowest BCUT2D eigenvalue weighted by Crippen LogP contribution is -2.12. The van der Waals surface area contributed by atoms with Gasteiger partial charge in [-0.3, -0.25) is 9.78 Å². The van der Waals surface area contributed by atoms with Crippen LogP contribution in [0.1, 0.15) is 27.2 Å². The van der Waals surface area contributed by atoms with Gasteiger partial charge >= 0.3 is 0 Å². The van der Waals surface area contributed by atoms with Gasteiger partial charge in [0.1, 0.15) is 5.69 Å². The molecule has 0 unspecified atom stereocenters. The summed E-state index contributed by atoms with van der Waals surface area (Å²) in [5.74, 6) is 0.733. The number of hydrogen-bond acceptors (Lipinski definition) is 3. The Morgan fingerprint density at radius 1 is 1.11 bits per heavy atom. The molecule has 4 aromatic rings. The summed E-state index contributed by atoms with van der Waals surface area (Å²) >= 11 is 1.74. The summed E-state index contributed by atoms with van der Waals surface area (Å²) in [6, 6.07) is 18.0. The summed E-state index contributed by atoms with van der Waals surface area (Å²) in [4.78, 5) is 21.1. The first-order valence-electron chi connectivity index (χ1n) is 9.11. The van der Waals surface area contributed by atoms with Crippen LogP contribution in [-0.2, 0) is 5.75 Å². The molecule has 0 atom stereocenters. The second-order valence-corrected chi connectivity index (χ2v) is 7.90. The van der Waals surface area contributed by atoms with E-state index in [2.05, 4.69) is 47.3 Å². The second kappa shape index (κ2) is 7.90. The van der Waals surface area contributed by atoms with E-state index in [0.29, 0.717) is 5.69 Å². The molecule has 0 aliphatic heterocycles. The third kappa shape index (κ3) is 4.10. The van der Waals surface area contributed by atoms with Crippen molar-refractivity contribution in [2.24, 2.45) is 0 Å². The van der Waals surface area contributed by atoms with Crippen molar-refractivity contribution in [2.45, 2.75) is 24.5 Å². The SMILES string of the molecule is Cc1cc(C)c2cc(C(=O)Nc3ccc(SCc4cccnc4)cc3)[nH]c2c1. The molecule has 2 heterocycles. The van der Waals surface area contributed by atoms with Crippen LogP contribution >= 0.6 is 11.8 Å². The van der Waals surface area contributed by atoms with Crippen LogP contribution in [0.5, 0.6) is 0 Å². The molecular formula is C23H21N3OS. The minimum absolute atomic E-state index is 0.135. The number of fused-ring (bicyclic) bond motifs is 1. The number of carbonyl (C=O) groups is 1. The topological polar surface area (TPSA) is 57.8 Å². The van der Waals surface area contributed by atoms with E-state index in [9.17, 15) is 4.79 Å². The zero-order valence-corrected chi connectivity index (χ0v) is 16.6. The summed E-state index contributed by atoms with van der Waals surface area (Å²) in [6.45, 7) is 4.12. The van der Waals surface area contributed by atoms with Crippen LogP contribution in [0, 0.1) is 13.8 Å². The molecular weight excluding hydrogens is 366 g/mol. The highest BCUT2D eigenvalue weighted by Gasteiger charge is 2.11. The van der Waals surface area contributed by atoms with Crippen molar-refractivity contribution in [3.8, 4) is 0 Å². The van der Waals surface area contributed by atoms with E-state index in [1.165, 1.54) is 16.7 Å². The van der Waals surface area contributed by atoms with Crippen LogP contribution in [-0.4, -0.2) is 15.9 Å². The molecule has 4 nitrogen and oxygen atoms in total. The molecule has 2 aromatic carbocycles. The van der Waals surface area contributed by atoms with Crippen LogP contribution < -0.4 is 5.32 Å². The first-order valence-corrected chi connectivity index (χ1v) is 10.1. The van der Waals surface area contributed by atoms with E-state index in [-0.39, 0.29) is 5.91 Å². The molecule has 2 N–H and O–H groups in total. The number of aryl methyl sites for hydroxylation is 2. The maximum atomic E-state index is 12.6. The van der Waals surface area contributed by atoms with E-state index in [1.807, 2.05) is 42.6 Å². The van der Waals surface area contributed by atoms with Crippen molar-refractivity contribution in [1.29, 1.82) is 0 Å². The Hall–Kier alpha value is -3.05. The Bertz CT molecular complexity index is 1120. The lowest BCUT2D eigenvalue weighted by Gasteiger charge is -2.06. The Kier molecular flexibility index (Phi) is 5.17. The number of carbonyl (C=O) groups excluding carboxylic acids is 1. The first-order chi connectivity index (χ1) is 13.6. The van der Waals surface area contributed by atoms with Gasteiger partial charge < -0.3 is 10.3 Å². The fourth-order valence-corrected chi connectivity index (χ4v) is 4.04. The average Bonchev–Trinajstić information content (AvgIpc) is 3.13. The van der Waals surface area contributed by atoms with Crippen LogP contribution in [0.25, 0.3) is 10.9 Å². The standard InChI is InChI=1S/C23H21N3OS/c1-15-10-16(2)20-12-22(26-21(20)11-15)23(27)25-18-5-7-19(8-6-18)28-14-17-4-3-9-24-13-17/h3-13,26H,14H2,1-2H3,(H,25,27). The Morgan fingerprint density at radius 2 is 1.93 bits per heavy atom. The molecule has 0 aliphatic rings. The summed E-state index contributed by atoms with van der Waals surface area (Å²) in [6.07, 6.45) is 3.66. The number of rotatable bonds is 5. The number of hydrogen-bond donors (Lipinski definition) is 2. The molecule has 0 saturated carbocycles. The van der Waals surface area contributed by atoms with Gasteiger partial charge in [-0.1, -0.05) is 12.1 Å². The van der Waals surface area contributed by atoms with Crippen molar-refractivity contribution in [3.05, 3.63) is 89.4 Å². The third-order valence-corrected chi connectivity index (χ3v) is 5.66. The number of aromatic nitrogens is 2. The van der Waals surface area contributed by atoms with Crippen molar-refractivity contribution < 1.29 is 4.79 Å². The maximum absolute atomic E-state index is 12.6. The highest BCUT2D eigenvalue weighted by Crippen LogP contribution is 2.25. The smallest absolute Gasteiger partial charge is 0.272 e. The zero-order chi connectivity index (χ0) is 19.5. The Labute approximate surface area is 168 Å². The van der Waals surface area contributed by atoms with Gasteiger partial charge in [-0.25, -0.2) is 0 Å². The molecule has 28 heavy (non-hydrogen) atoms. The molecule has 140 valence electrons. The lowest BCUT2D eigenvalue weighted by molar-refractivity contribution is 0.102. The summed E-state index contributed by atoms with van der Waals surface area (Å²) in [5.41, 5.74) is 5.87. The molecule has 1 amide bonds.